The average molecular weight is 395 g/mol. The second kappa shape index (κ2) is 6.34. The summed E-state index contributed by atoms with van der Waals surface area (Å²) in [7, 11) is 0. The topological polar surface area (TPSA) is 44.4 Å². The van der Waals surface area contributed by atoms with Gasteiger partial charge in [0.1, 0.15) is 5.75 Å². The summed E-state index contributed by atoms with van der Waals surface area (Å²) in [6.45, 7) is 1.14. The number of ether oxygens (including phenoxy) is 1. The number of oxazole rings is 1. The predicted molar refractivity (Wildman–Crippen MR) is 89.7 cm³/mol. The highest BCUT2D eigenvalue weighted by Gasteiger charge is 2.07. The lowest BCUT2D eigenvalue weighted by molar-refractivity contribution is 0.300. The van der Waals surface area contributed by atoms with E-state index in [1.165, 1.54) is 0 Å². The Balaban J connectivity index is 1.62. The Hall–Kier alpha value is -1.76. The highest BCUT2D eigenvalue weighted by molar-refractivity contribution is 14.1. The van der Waals surface area contributed by atoms with Gasteiger partial charge in [-0.1, -0.05) is 18.2 Å². The van der Waals surface area contributed by atoms with Gasteiger partial charge in [-0.05, 0) is 59.3 Å². The molecule has 108 valence electrons. The third-order valence-electron chi connectivity index (χ3n) is 3.16. The van der Waals surface area contributed by atoms with Crippen molar-refractivity contribution in [1.29, 1.82) is 0 Å². The van der Waals surface area contributed by atoms with Crippen molar-refractivity contribution < 1.29 is 9.15 Å². The summed E-state index contributed by atoms with van der Waals surface area (Å²) < 4.78 is 13.7. The van der Waals surface area contributed by atoms with Crippen molar-refractivity contribution in [3.8, 4) is 5.75 Å². The van der Waals surface area contributed by atoms with Gasteiger partial charge >= 0.3 is 5.76 Å². The molecule has 0 bridgehead atoms. The molecule has 5 heteroatoms. The molecule has 0 spiro atoms. The molecule has 1 heterocycles. The lowest BCUT2D eigenvalue weighted by atomic mass is 10.3. The van der Waals surface area contributed by atoms with Gasteiger partial charge in [-0.25, -0.2) is 4.79 Å². The number of aromatic nitrogens is 1. The van der Waals surface area contributed by atoms with Gasteiger partial charge in [0, 0.05) is 10.1 Å². The first-order valence-corrected chi connectivity index (χ1v) is 7.79. The zero-order valence-electron chi connectivity index (χ0n) is 11.3. The van der Waals surface area contributed by atoms with E-state index in [4.69, 9.17) is 9.15 Å². The number of rotatable bonds is 5. The third kappa shape index (κ3) is 3.29. The van der Waals surface area contributed by atoms with E-state index >= 15 is 0 Å². The van der Waals surface area contributed by atoms with Crippen LogP contribution in [0.2, 0.25) is 0 Å². The van der Waals surface area contributed by atoms with Crippen LogP contribution < -0.4 is 10.5 Å². The van der Waals surface area contributed by atoms with Crippen molar-refractivity contribution in [3.05, 3.63) is 62.7 Å². The summed E-state index contributed by atoms with van der Waals surface area (Å²) in [6, 6.07) is 15.3. The monoisotopic (exact) mass is 395 g/mol. The Morgan fingerprint density at radius 3 is 2.86 bits per heavy atom. The largest absolute Gasteiger partial charge is 0.493 e. The van der Waals surface area contributed by atoms with Gasteiger partial charge in [0.15, 0.2) is 5.58 Å². The Kier molecular flexibility index (Phi) is 4.28. The zero-order chi connectivity index (χ0) is 14.7. The van der Waals surface area contributed by atoms with E-state index in [9.17, 15) is 4.79 Å². The minimum atomic E-state index is -0.314. The summed E-state index contributed by atoms with van der Waals surface area (Å²) in [6.07, 6.45) is 0.745. The Labute approximate surface area is 135 Å². The molecular weight excluding hydrogens is 381 g/mol. The number of hydrogen-bond donors (Lipinski definition) is 0. The van der Waals surface area contributed by atoms with E-state index in [2.05, 4.69) is 22.6 Å². The van der Waals surface area contributed by atoms with Crippen molar-refractivity contribution in [2.75, 3.05) is 6.61 Å². The minimum Gasteiger partial charge on any atom is -0.493 e. The van der Waals surface area contributed by atoms with E-state index in [-0.39, 0.29) is 5.76 Å². The van der Waals surface area contributed by atoms with Crippen molar-refractivity contribution in [2.45, 2.75) is 13.0 Å². The van der Waals surface area contributed by atoms with Crippen molar-refractivity contribution in [1.82, 2.24) is 4.57 Å². The second-order valence-electron chi connectivity index (χ2n) is 4.65. The normalized spacial score (nSPS) is 10.9. The van der Waals surface area contributed by atoms with Crippen LogP contribution in [0.5, 0.6) is 5.75 Å². The third-order valence-corrected chi connectivity index (χ3v) is 3.84. The molecule has 1 aromatic heterocycles. The molecule has 0 amide bonds. The number of fused-ring (bicyclic) bond motifs is 1. The van der Waals surface area contributed by atoms with Crippen LogP contribution in [-0.2, 0) is 6.54 Å². The summed E-state index contributed by atoms with van der Waals surface area (Å²) in [5.74, 6) is 0.539. The Morgan fingerprint density at radius 1 is 1.14 bits per heavy atom. The molecular formula is C16H14INO3. The summed E-state index contributed by atoms with van der Waals surface area (Å²) >= 11 is 2.25. The molecule has 0 saturated heterocycles. The number of benzene rings is 2. The summed E-state index contributed by atoms with van der Waals surface area (Å²) in [5.41, 5.74) is 1.46. The van der Waals surface area contributed by atoms with Crippen LogP contribution in [0.4, 0.5) is 0 Å². The van der Waals surface area contributed by atoms with Gasteiger partial charge in [0.05, 0.1) is 12.1 Å². The van der Waals surface area contributed by atoms with E-state index in [0.717, 1.165) is 21.3 Å². The van der Waals surface area contributed by atoms with Crippen LogP contribution >= 0.6 is 22.6 Å². The maximum Gasteiger partial charge on any atom is 0.419 e. The molecule has 3 aromatic rings. The van der Waals surface area contributed by atoms with Crippen LogP contribution in [0.1, 0.15) is 6.42 Å². The predicted octanol–water partition coefficient (Wildman–Crippen LogP) is 3.67. The smallest absolute Gasteiger partial charge is 0.419 e. The van der Waals surface area contributed by atoms with Crippen molar-refractivity contribution in [3.63, 3.8) is 0 Å². The maximum absolute atomic E-state index is 11.8. The van der Waals surface area contributed by atoms with E-state index in [1.807, 2.05) is 42.5 Å². The standard InChI is InChI=1S/C16H14INO3/c17-12-5-3-6-13(11-12)20-10-4-9-18-14-7-1-2-8-15(14)21-16(18)19/h1-3,5-8,11H,4,9-10H2. The molecule has 2 aromatic carbocycles. The second-order valence-corrected chi connectivity index (χ2v) is 5.89. The first kappa shape index (κ1) is 14.2. The van der Waals surface area contributed by atoms with Gasteiger partial charge in [-0.3, -0.25) is 4.57 Å². The molecule has 0 aliphatic rings. The number of hydrogen-bond acceptors (Lipinski definition) is 3. The molecule has 0 saturated carbocycles. The van der Waals surface area contributed by atoms with Gasteiger partial charge in [0.25, 0.3) is 0 Å². The van der Waals surface area contributed by atoms with Gasteiger partial charge in [-0.2, -0.15) is 0 Å². The molecule has 0 fully saturated rings. The van der Waals surface area contributed by atoms with Crippen LogP contribution in [0.3, 0.4) is 0 Å². The Morgan fingerprint density at radius 2 is 2.00 bits per heavy atom. The van der Waals surface area contributed by atoms with Gasteiger partial charge in [0.2, 0.25) is 0 Å². The fourth-order valence-electron chi connectivity index (χ4n) is 2.20. The molecule has 0 N–H and O–H groups in total. The van der Waals surface area contributed by atoms with Crippen molar-refractivity contribution in [2.24, 2.45) is 0 Å². The van der Waals surface area contributed by atoms with Gasteiger partial charge in [-0.15, -0.1) is 0 Å². The van der Waals surface area contributed by atoms with E-state index < -0.39 is 0 Å². The molecule has 3 rings (SSSR count). The number of nitrogens with zero attached hydrogens (tertiary/aromatic N) is 1. The molecule has 0 unspecified atom stereocenters. The minimum absolute atomic E-state index is 0.314. The maximum atomic E-state index is 11.8. The first-order valence-electron chi connectivity index (χ1n) is 6.71. The quantitative estimate of drug-likeness (QED) is 0.489. The molecule has 4 nitrogen and oxygen atoms in total. The number of para-hydroxylation sites is 2. The van der Waals surface area contributed by atoms with Crippen LogP contribution in [0.25, 0.3) is 11.1 Å². The summed E-state index contributed by atoms with van der Waals surface area (Å²) in [5, 5.41) is 0. The summed E-state index contributed by atoms with van der Waals surface area (Å²) in [4.78, 5) is 11.8. The molecule has 0 aliphatic carbocycles. The Bertz CT molecular complexity index is 806. The van der Waals surface area contributed by atoms with E-state index in [1.54, 1.807) is 10.6 Å². The fourth-order valence-corrected chi connectivity index (χ4v) is 2.71. The highest BCUT2D eigenvalue weighted by atomic mass is 127. The van der Waals surface area contributed by atoms with Crippen LogP contribution in [0.15, 0.2) is 57.7 Å². The fraction of sp³-hybridized carbons (Fsp3) is 0.188. The van der Waals surface area contributed by atoms with Gasteiger partial charge < -0.3 is 9.15 Å². The molecule has 0 radical (unpaired) electrons. The zero-order valence-corrected chi connectivity index (χ0v) is 13.4. The molecule has 21 heavy (non-hydrogen) atoms. The molecule has 0 atom stereocenters. The number of halogens is 1. The van der Waals surface area contributed by atoms with Crippen LogP contribution in [0, 0.1) is 3.57 Å². The van der Waals surface area contributed by atoms with E-state index in [0.29, 0.717) is 18.7 Å². The SMILES string of the molecule is O=c1oc2ccccc2n1CCCOc1cccc(I)c1. The lowest BCUT2D eigenvalue weighted by Gasteiger charge is -2.06. The first-order chi connectivity index (χ1) is 10.2. The average Bonchev–Trinajstić information content (AvgIpc) is 2.79. The lowest BCUT2D eigenvalue weighted by Crippen LogP contribution is -2.15. The molecule has 0 aliphatic heterocycles. The van der Waals surface area contributed by atoms with Crippen molar-refractivity contribution >= 4 is 33.7 Å². The van der Waals surface area contributed by atoms with Crippen LogP contribution in [-0.4, -0.2) is 11.2 Å². The number of aryl methyl sites for hydroxylation is 1. The highest BCUT2D eigenvalue weighted by Crippen LogP contribution is 2.15.